The number of halogens is 2. The lowest BCUT2D eigenvalue weighted by Gasteiger charge is -2.14. The Morgan fingerprint density at radius 1 is 1.60 bits per heavy atom. The minimum Gasteiger partial charge on any atom is -0.390 e. The molecule has 0 atom stereocenters. The molecule has 1 aliphatic heterocycles. The molecule has 0 saturated carbocycles. The van der Waals surface area contributed by atoms with Gasteiger partial charge in [-0.25, -0.2) is 8.78 Å². The average molecular weight is 151 g/mol. The van der Waals surface area contributed by atoms with Gasteiger partial charge in [0.05, 0.1) is 13.2 Å². The summed E-state index contributed by atoms with van der Waals surface area (Å²) in [7, 11) is 0. The van der Waals surface area contributed by atoms with E-state index in [1.165, 1.54) is 0 Å². The molecule has 0 amide bonds. The van der Waals surface area contributed by atoms with Crippen LogP contribution in [-0.4, -0.2) is 32.0 Å². The summed E-state index contributed by atoms with van der Waals surface area (Å²) in [4.78, 5) is 4.26. The molecule has 10 heavy (non-hydrogen) atoms. The average Bonchev–Trinajstić information content (AvgIpc) is 1.75. The number of alkyl halides is 2. The predicted octanol–water partition coefficient (Wildman–Crippen LogP) is 0.654. The standard InChI is InChI=1S/C5H7F2NO2/c6-5(7)3-10-8-4-1-9-2-4/h5H,1-3H2. The van der Waals surface area contributed by atoms with Gasteiger partial charge in [-0.05, 0) is 0 Å². The Balaban J connectivity index is 2.03. The molecule has 0 unspecified atom stereocenters. The summed E-state index contributed by atoms with van der Waals surface area (Å²) in [5.41, 5.74) is 0.681. The van der Waals surface area contributed by atoms with E-state index in [0.29, 0.717) is 18.9 Å². The molecule has 1 rings (SSSR count). The Hall–Kier alpha value is -0.710. The minimum atomic E-state index is -2.45. The van der Waals surface area contributed by atoms with Crippen molar-refractivity contribution >= 4 is 5.71 Å². The number of nitrogens with zero attached hydrogens (tertiary/aromatic N) is 1. The molecule has 1 saturated heterocycles. The van der Waals surface area contributed by atoms with Crippen molar-refractivity contribution in [2.45, 2.75) is 6.43 Å². The topological polar surface area (TPSA) is 30.8 Å². The fraction of sp³-hybridized carbons (Fsp3) is 0.800. The highest BCUT2D eigenvalue weighted by Crippen LogP contribution is 1.98. The van der Waals surface area contributed by atoms with E-state index in [9.17, 15) is 8.78 Å². The predicted molar refractivity (Wildman–Crippen MR) is 30.2 cm³/mol. The van der Waals surface area contributed by atoms with E-state index in [1.54, 1.807) is 0 Å². The van der Waals surface area contributed by atoms with Gasteiger partial charge in [-0.2, -0.15) is 0 Å². The van der Waals surface area contributed by atoms with Crippen LogP contribution >= 0.6 is 0 Å². The zero-order valence-corrected chi connectivity index (χ0v) is 5.22. The highest BCUT2D eigenvalue weighted by Gasteiger charge is 2.11. The Kier molecular flexibility index (Phi) is 2.56. The van der Waals surface area contributed by atoms with Crippen LogP contribution in [0, 0.1) is 0 Å². The zero-order valence-electron chi connectivity index (χ0n) is 5.22. The maximum absolute atomic E-state index is 11.4. The molecule has 1 fully saturated rings. The first-order valence-electron chi connectivity index (χ1n) is 2.82. The molecule has 0 aromatic heterocycles. The van der Waals surface area contributed by atoms with Crippen molar-refractivity contribution < 1.29 is 18.4 Å². The Morgan fingerprint density at radius 3 is 2.70 bits per heavy atom. The largest absolute Gasteiger partial charge is 0.390 e. The molecule has 1 aliphatic rings. The van der Waals surface area contributed by atoms with E-state index in [0.717, 1.165) is 0 Å². The van der Waals surface area contributed by atoms with Crippen molar-refractivity contribution in [1.82, 2.24) is 0 Å². The third-order valence-electron chi connectivity index (χ3n) is 0.932. The molecule has 0 spiro atoms. The molecule has 0 radical (unpaired) electrons. The molecule has 58 valence electrons. The maximum Gasteiger partial charge on any atom is 0.274 e. The summed E-state index contributed by atoms with van der Waals surface area (Å²) in [6.07, 6.45) is -2.45. The second-order valence-corrected chi connectivity index (χ2v) is 1.84. The quantitative estimate of drug-likeness (QED) is 0.554. The van der Waals surface area contributed by atoms with Crippen LogP contribution in [0.15, 0.2) is 5.16 Å². The lowest BCUT2D eigenvalue weighted by atomic mass is 10.3. The van der Waals surface area contributed by atoms with Crippen molar-refractivity contribution in [1.29, 1.82) is 0 Å². The normalized spacial score (nSPS) is 16.9. The fourth-order valence-electron chi connectivity index (χ4n) is 0.431. The van der Waals surface area contributed by atoms with Gasteiger partial charge in [-0.3, -0.25) is 0 Å². The van der Waals surface area contributed by atoms with Gasteiger partial charge in [0.25, 0.3) is 6.43 Å². The SMILES string of the molecule is FC(F)CON=C1COC1. The van der Waals surface area contributed by atoms with Crippen LogP contribution in [0.4, 0.5) is 8.78 Å². The van der Waals surface area contributed by atoms with Crippen molar-refractivity contribution in [3.05, 3.63) is 0 Å². The van der Waals surface area contributed by atoms with Gasteiger partial charge in [0.2, 0.25) is 0 Å². The van der Waals surface area contributed by atoms with Crippen LogP contribution < -0.4 is 0 Å². The van der Waals surface area contributed by atoms with Crippen LogP contribution in [0.3, 0.4) is 0 Å². The molecule has 0 aromatic rings. The van der Waals surface area contributed by atoms with E-state index < -0.39 is 13.0 Å². The van der Waals surface area contributed by atoms with Gasteiger partial charge >= 0.3 is 0 Å². The molecular formula is C5H7F2NO2. The fourth-order valence-corrected chi connectivity index (χ4v) is 0.431. The van der Waals surface area contributed by atoms with Crippen molar-refractivity contribution in [3.63, 3.8) is 0 Å². The van der Waals surface area contributed by atoms with Crippen LogP contribution in [0.1, 0.15) is 0 Å². The summed E-state index contributed by atoms with van der Waals surface area (Å²) in [6, 6.07) is 0. The van der Waals surface area contributed by atoms with E-state index in [2.05, 4.69) is 9.99 Å². The summed E-state index contributed by atoms with van der Waals surface area (Å²) < 4.78 is 27.5. The maximum atomic E-state index is 11.4. The summed E-state index contributed by atoms with van der Waals surface area (Å²) in [5, 5.41) is 3.38. The van der Waals surface area contributed by atoms with Gasteiger partial charge in [-0.15, -0.1) is 0 Å². The number of oxime groups is 1. The first kappa shape index (κ1) is 7.40. The van der Waals surface area contributed by atoms with Gasteiger partial charge < -0.3 is 9.57 Å². The van der Waals surface area contributed by atoms with E-state index >= 15 is 0 Å². The van der Waals surface area contributed by atoms with E-state index in [-0.39, 0.29) is 0 Å². The van der Waals surface area contributed by atoms with Crippen molar-refractivity contribution in [3.8, 4) is 0 Å². The van der Waals surface area contributed by atoms with Crippen LogP contribution in [-0.2, 0) is 9.57 Å². The lowest BCUT2D eigenvalue weighted by Crippen LogP contribution is -2.27. The molecule has 3 nitrogen and oxygen atoms in total. The third kappa shape index (κ3) is 2.26. The summed E-state index contributed by atoms with van der Waals surface area (Å²) in [6.45, 7) is 0.177. The molecular weight excluding hydrogens is 144 g/mol. The van der Waals surface area contributed by atoms with E-state index in [4.69, 9.17) is 4.74 Å². The molecule has 0 bridgehead atoms. The number of hydrogen-bond acceptors (Lipinski definition) is 3. The molecule has 5 heteroatoms. The van der Waals surface area contributed by atoms with Crippen LogP contribution in [0.5, 0.6) is 0 Å². The van der Waals surface area contributed by atoms with E-state index in [1.807, 2.05) is 0 Å². The first-order valence-corrected chi connectivity index (χ1v) is 2.82. The second kappa shape index (κ2) is 3.46. The van der Waals surface area contributed by atoms with Gasteiger partial charge in [-0.1, -0.05) is 5.16 Å². The van der Waals surface area contributed by atoms with Gasteiger partial charge in [0.1, 0.15) is 5.71 Å². The monoisotopic (exact) mass is 151 g/mol. The lowest BCUT2D eigenvalue weighted by molar-refractivity contribution is 0.0157. The van der Waals surface area contributed by atoms with Crippen molar-refractivity contribution in [2.75, 3.05) is 19.8 Å². The summed E-state index contributed by atoms with van der Waals surface area (Å²) >= 11 is 0. The number of hydrogen-bond donors (Lipinski definition) is 0. The minimum absolute atomic E-state index is 0.406. The Bertz CT molecular complexity index is 132. The highest BCUT2D eigenvalue weighted by molar-refractivity contribution is 5.90. The zero-order chi connectivity index (χ0) is 7.40. The Labute approximate surface area is 56.6 Å². The second-order valence-electron chi connectivity index (χ2n) is 1.84. The molecule has 0 aliphatic carbocycles. The van der Waals surface area contributed by atoms with Crippen LogP contribution in [0.2, 0.25) is 0 Å². The third-order valence-corrected chi connectivity index (χ3v) is 0.932. The number of rotatable bonds is 3. The molecule has 0 aromatic carbocycles. The van der Waals surface area contributed by atoms with Crippen molar-refractivity contribution in [2.24, 2.45) is 5.16 Å². The Morgan fingerprint density at radius 2 is 2.30 bits per heavy atom. The molecule has 0 N–H and O–H groups in total. The van der Waals surface area contributed by atoms with Crippen LogP contribution in [0.25, 0.3) is 0 Å². The number of ether oxygens (including phenoxy) is 1. The van der Waals surface area contributed by atoms with Gasteiger partial charge in [0, 0.05) is 0 Å². The van der Waals surface area contributed by atoms with Gasteiger partial charge in [0.15, 0.2) is 6.61 Å². The smallest absolute Gasteiger partial charge is 0.274 e. The first-order chi connectivity index (χ1) is 4.79. The highest BCUT2D eigenvalue weighted by atomic mass is 19.3. The summed E-state index contributed by atoms with van der Waals surface area (Å²) in [5.74, 6) is 0. The molecule has 1 heterocycles.